The first-order chi connectivity index (χ1) is 14.8. The molecule has 2 aromatic carbocycles. The quantitative estimate of drug-likeness (QED) is 0.357. The van der Waals surface area contributed by atoms with Crippen LogP contribution in [0, 0.1) is 0 Å². The number of nitrogens with one attached hydrogen (secondary N) is 1. The fourth-order valence-electron chi connectivity index (χ4n) is 3.39. The van der Waals surface area contributed by atoms with Gasteiger partial charge in [-0.2, -0.15) is 0 Å². The number of anilines is 1. The summed E-state index contributed by atoms with van der Waals surface area (Å²) < 4.78 is 2.32. The van der Waals surface area contributed by atoms with Gasteiger partial charge >= 0.3 is 0 Å². The van der Waals surface area contributed by atoms with Crippen LogP contribution in [0.4, 0.5) is 5.69 Å². The van der Waals surface area contributed by atoms with Gasteiger partial charge < -0.3 is 5.32 Å². The van der Waals surface area contributed by atoms with Crippen LogP contribution in [0.2, 0.25) is 0 Å². The van der Waals surface area contributed by atoms with Gasteiger partial charge in [-0.05, 0) is 48.2 Å². The maximum atomic E-state index is 13.3. The summed E-state index contributed by atoms with van der Waals surface area (Å²) in [5.74, 6) is 0.167. The predicted octanol–water partition coefficient (Wildman–Crippen LogP) is 6.21. The van der Waals surface area contributed by atoms with Gasteiger partial charge in [0.2, 0.25) is 5.91 Å². The summed E-state index contributed by atoms with van der Waals surface area (Å²) in [5.41, 5.74) is 3.52. The topological polar surface area (TPSA) is 64.0 Å². The summed E-state index contributed by atoms with van der Waals surface area (Å²) in [6.07, 6.45) is 1.46. The van der Waals surface area contributed by atoms with E-state index >= 15 is 0 Å². The van der Waals surface area contributed by atoms with Gasteiger partial charge in [0.05, 0.1) is 11.7 Å². The highest BCUT2D eigenvalue weighted by molar-refractivity contribution is 9.10. The van der Waals surface area contributed by atoms with Gasteiger partial charge in [-0.1, -0.05) is 54.0 Å². The molecule has 0 aliphatic heterocycles. The standard InChI is InChI=1S/C24H22BrN3O2S/c1-14(2)16-4-6-17(7-5-16)20-12-31-23-21(20)24(30)28(13-26-23)15(3)22(29)27-19-10-8-18(25)9-11-19/h4-15H,1-3H3,(H,27,29). The van der Waals surface area contributed by atoms with E-state index in [0.29, 0.717) is 21.8 Å². The largest absolute Gasteiger partial charge is 0.324 e. The van der Waals surface area contributed by atoms with E-state index in [1.807, 2.05) is 29.6 Å². The highest BCUT2D eigenvalue weighted by atomic mass is 79.9. The van der Waals surface area contributed by atoms with E-state index in [-0.39, 0.29) is 11.5 Å². The fraction of sp³-hybridized carbons (Fsp3) is 0.208. The molecule has 0 fully saturated rings. The highest BCUT2D eigenvalue weighted by Gasteiger charge is 2.20. The zero-order chi connectivity index (χ0) is 22.1. The van der Waals surface area contributed by atoms with Crippen LogP contribution in [0.15, 0.2) is 69.5 Å². The number of rotatable bonds is 5. The molecule has 0 bridgehead atoms. The Kier molecular flexibility index (Phi) is 6.07. The van der Waals surface area contributed by atoms with Crippen LogP contribution in [0.5, 0.6) is 0 Å². The third-order valence-electron chi connectivity index (χ3n) is 5.32. The van der Waals surface area contributed by atoms with Gasteiger partial charge in [-0.25, -0.2) is 4.98 Å². The second-order valence-electron chi connectivity index (χ2n) is 7.74. The number of carbonyl (C=O) groups is 1. The van der Waals surface area contributed by atoms with E-state index in [4.69, 9.17) is 0 Å². The van der Waals surface area contributed by atoms with Crippen molar-refractivity contribution in [2.24, 2.45) is 0 Å². The molecule has 1 atom stereocenters. The Morgan fingerprint density at radius 2 is 1.74 bits per heavy atom. The van der Waals surface area contributed by atoms with Crippen LogP contribution < -0.4 is 10.9 Å². The van der Waals surface area contributed by atoms with Crippen molar-refractivity contribution < 1.29 is 4.79 Å². The number of fused-ring (bicyclic) bond motifs is 1. The first-order valence-electron chi connectivity index (χ1n) is 10.00. The lowest BCUT2D eigenvalue weighted by molar-refractivity contribution is -0.118. The molecule has 2 heterocycles. The van der Waals surface area contributed by atoms with Gasteiger partial charge in [0, 0.05) is 21.1 Å². The summed E-state index contributed by atoms with van der Waals surface area (Å²) in [4.78, 5) is 31.2. The van der Waals surface area contributed by atoms with Gasteiger partial charge in [0.1, 0.15) is 10.9 Å². The third-order valence-corrected chi connectivity index (χ3v) is 6.73. The lowest BCUT2D eigenvalue weighted by atomic mass is 9.99. The van der Waals surface area contributed by atoms with Crippen molar-refractivity contribution in [1.82, 2.24) is 9.55 Å². The normalized spacial score (nSPS) is 12.3. The first-order valence-corrected chi connectivity index (χ1v) is 11.7. The van der Waals surface area contributed by atoms with E-state index < -0.39 is 6.04 Å². The number of carbonyl (C=O) groups excluding carboxylic acids is 1. The molecule has 1 unspecified atom stereocenters. The summed E-state index contributed by atoms with van der Waals surface area (Å²) in [5, 5.41) is 5.36. The van der Waals surface area contributed by atoms with Crippen LogP contribution in [0.1, 0.15) is 38.3 Å². The molecule has 0 aliphatic rings. The van der Waals surface area contributed by atoms with Crippen LogP contribution in [-0.2, 0) is 4.79 Å². The molecule has 0 saturated carbocycles. The van der Waals surface area contributed by atoms with E-state index in [2.05, 4.69) is 52.2 Å². The number of benzene rings is 2. The number of nitrogens with zero attached hydrogens (tertiary/aromatic N) is 2. The fourth-order valence-corrected chi connectivity index (χ4v) is 4.56. The molecule has 0 aliphatic carbocycles. The smallest absolute Gasteiger partial charge is 0.263 e. The Morgan fingerprint density at radius 1 is 1.06 bits per heavy atom. The molecule has 5 nitrogen and oxygen atoms in total. The van der Waals surface area contributed by atoms with E-state index in [1.165, 1.54) is 27.8 Å². The van der Waals surface area contributed by atoms with Crippen molar-refractivity contribution in [1.29, 1.82) is 0 Å². The minimum absolute atomic E-state index is 0.215. The summed E-state index contributed by atoms with van der Waals surface area (Å²) in [6, 6.07) is 14.9. The van der Waals surface area contributed by atoms with Crippen molar-refractivity contribution in [2.75, 3.05) is 5.32 Å². The van der Waals surface area contributed by atoms with Crippen molar-refractivity contribution >= 4 is 49.1 Å². The molecule has 0 spiro atoms. The molecule has 0 radical (unpaired) electrons. The van der Waals surface area contributed by atoms with Crippen LogP contribution >= 0.6 is 27.3 Å². The molecule has 4 rings (SSSR count). The molecule has 1 amide bonds. The molecule has 158 valence electrons. The van der Waals surface area contributed by atoms with Gasteiger partial charge in [-0.15, -0.1) is 11.3 Å². The SMILES string of the molecule is CC(C)c1ccc(-c2csc3ncn(C(C)C(=O)Nc4ccc(Br)cc4)c(=O)c23)cc1. The molecular formula is C24H22BrN3O2S. The third kappa shape index (κ3) is 4.34. The number of aromatic nitrogens is 2. The van der Waals surface area contributed by atoms with Gasteiger partial charge in [-0.3, -0.25) is 14.2 Å². The van der Waals surface area contributed by atoms with Crippen molar-refractivity contribution in [3.05, 3.63) is 80.6 Å². The summed E-state index contributed by atoms with van der Waals surface area (Å²) >= 11 is 4.81. The lowest BCUT2D eigenvalue weighted by Gasteiger charge is -2.15. The first kappa shape index (κ1) is 21.5. The van der Waals surface area contributed by atoms with Gasteiger partial charge in [0.25, 0.3) is 5.56 Å². The second-order valence-corrected chi connectivity index (χ2v) is 9.51. The Labute approximate surface area is 192 Å². The van der Waals surface area contributed by atoms with Crippen molar-refractivity contribution in [2.45, 2.75) is 32.7 Å². The van der Waals surface area contributed by atoms with Crippen LogP contribution in [0.3, 0.4) is 0 Å². The summed E-state index contributed by atoms with van der Waals surface area (Å²) in [6.45, 7) is 6.00. The highest BCUT2D eigenvalue weighted by Crippen LogP contribution is 2.31. The number of hydrogen-bond donors (Lipinski definition) is 1. The van der Waals surface area contributed by atoms with Crippen LogP contribution in [0.25, 0.3) is 21.3 Å². The molecule has 7 heteroatoms. The molecule has 1 N–H and O–H groups in total. The number of halogens is 1. The summed E-state index contributed by atoms with van der Waals surface area (Å²) in [7, 11) is 0. The predicted molar refractivity (Wildman–Crippen MR) is 131 cm³/mol. The Morgan fingerprint density at radius 3 is 2.39 bits per heavy atom. The Hall–Kier alpha value is -2.77. The van der Waals surface area contributed by atoms with Crippen LogP contribution in [-0.4, -0.2) is 15.5 Å². The molecule has 0 saturated heterocycles. The number of amides is 1. The molecular weight excluding hydrogens is 474 g/mol. The second kappa shape index (κ2) is 8.77. The molecule has 2 aromatic heterocycles. The lowest BCUT2D eigenvalue weighted by Crippen LogP contribution is -2.31. The molecule has 4 aromatic rings. The van der Waals surface area contributed by atoms with Crippen molar-refractivity contribution in [3.63, 3.8) is 0 Å². The maximum absolute atomic E-state index is 13.3. The van der Waals surface area contributed by atoms with Crippen molar-refractivity contribution in [3.8, 4) is 11.1 Å². The zero-order valence-electron chi connectivity index (χ0n) is 17.4. The number of thiophene rings is 1. The minimum atomic E-state index is -0.705. The van der Waals surface area contributed by atoms with E-state index in [9.17, 15) is 9.59 Å². The average Bonchev–Trinajstić information content (AvgIpc) is 3.20. The van der Waals surface area contributed by atoms with E-state index in [0.717, 1.165) is 15.6 Å². The number of hydrogen-bond acceptors (Lipinski definition) is 4. The maximum Gasteiger partial charge on any atom is 0.263 e. The zero-order valence-corrected chi connectivity index (χ0v) is 19.8. The Balaban J connectivity index is 1.68. The Bertz CT molecular complexity index is 1290. The molecule has 31 heavy (non-hydrogen) atoms. The minimum Gasteiger partial charge on any atom is -0.324 e. The van der Waals surface area contributed by atoms with Gasteiger partial charge in [0.15, 0.2) is 0 Å². The average molecular weight is 496 g/mol. The monoisotopic (exact) mass is 495 g/mol. The van der Waals surface area contributed by atoms with E-state index in [1.54, 1.807) is 19.1 Å².